The van der Waals surface area contributed by atoms with Crippen molar-refractivity contribution in [2.24, 2.45) is 0 Å². The molecule has 0 fully saturated rings. The third kappa shape index (κ3) is 19.7. The van der Waals surface area contributed by atoms with E-state index in [1.807, 2.05) is 0 Å². The number of rotatable bonds is 0. The normalized spacial score (nSPS) is 0. The third-order valence-corrected chi connectivity index (χ3v) is 0. The summed E-state index contributed by atoms with van der Waals surface area (Å²) in [5.41, 5.74) is 0. The molecule has 0 spiro atoms. The van der Waals surface area contributed by atoms with Gasteiger partial charge in [0.25, 0.3) is 0 Å². The molecule has 42 valence electrons. The Morgan fingerprint density at radius 2 is 1.00 bits per heavy atom. The average Bonchev–Trinajstić information content (AvgIpc) is 0. The molecule has 0 nitrogen and oxygen atoms in total. The topological polar surface area (TPSA) is 0 Å². The van der Waals surface area contributed by atoms with E-state index in [1.165, 1.54) is 0 Å². The summed E-state index contributed by atoms with van der Waals surface area (Å²) in [6.07, 6.45) is 0. The van der Waals surface area contributed by atoms with Crippen molar-refractivity contribution in [3.05, 3.63) is 0 Å². The Balaban J connectivity index is 0. The van der Waals surface area contributed by atoms with E-state index >= 15 is 0 Å². The summed E-state index contributed by atoms with van der Waals surface area (Å²) in [5, 5.41) is 0. The van der Waals surface area contributed by atoms with Crippen LogP contribution >= 0.6 is 0 Å². The van der Waals surface area contributed by atoms with Crippen LogP contribution in [-0.2, 0) is 92.5 Å². The molecule has 5 heteroatoms. The van der Waals surface area contributed by atoms with Crippen molar-refractivity contribution >= 4 is 0 Å². The Bertz CT molecular complexity index is 11.6. The first-order valence-electron chi connectivity index (χ1n) is 0. The van der Waals surface area contributed by atoms with Gasteiger partial charge in [-0.15, -0.1) is 0 Å². The largest absolute Gasteiger partial charge is 0 e. The fraction of sp³-hybridized carbons (Fsp3) is 0. The predicted octanol–water partition coefficient (Wildman–Crippen LogP) is -0.0125. The van der Waals surface area contributed by atoms with Crippen molar-refractivity contribution in [3.63, 3.8) is 0 Å². The molecular formula is AuCuFeNiZn. The van der Waals surface area contributed by atoms with Gasteiger partial charge in [-0.3, -0.25) is 0 Å². The molecule has 0 rings (SSSR count). The fourth-order valence-electron chi connectivity index (χ4n) is 0. The molecule has 0 atom stereocenters. The Morgan fingerprint density at radius 1 is 1.00 bits per heavy atom. The molecule has 0 saturated carbocycles. The van der Waals surface area contributed by atoms with Crippen molar-refractivity contribution in [1.29, 1.82) is 0 Å². The van der Waals surface area contributed by atoms with Crippen molar-refractivity contribution in [3.8, 4) is 0 Å². The van der Waals surface area contributed by atoms with E-state index in [0.29, 0.717) is 0 Å². The second-order valence-electron chi connectivity index (χ2n) is 0. The first kappa shape index (κ1) is 44.8. The van der Waals surface area contributed by atoms with Crippen LogP contribution in [0.25, 0.3) is 0 Å². The summed E-state index contributed by atoms with van der Waals surface area (Å²) < 4.78 is 0. The van der Waals surface area contributed by atoms with Crippen LogP contribution in [0.3, 0.4) is 0 Å². The molecule has 0 N–H and O–H groups in total. The maximum absolute atomic E-state index is 0. The predicted molar refractivity (Wildman–Crippen MR) is 0 cm³/mol. The zero-order valence-electron chi connectivity index (χ0n) is 1.98. The van der Waals surface area contributed by atoms with Crippen molar-refractivity contribution < 1.29 is 92.5 Å². The van der Waals surface area contributed by atoms with E-state index < -0.39 is 0 Å². The van der Waals surface area contributed by atoms with Gasteiger partial charge < -0.3 is 0 Å². The van der Waals surface area contributed by atoms with Gasteiger partial charge in [0.2, 0.25) is 0 Å². The van der Waals surface area contributed by atoms with Crippen LogP contribution in [-0.4, -0.2) is 0 Å². The third-order valence-electron chi connectivity index (χ3n) is 0. The second kappa shape index (κ2) is 28.6. The van der Waals surface area contributed by atoms with E-state index in [1.54, 1.807) is 0 Å². The Kier molecular flexibility index (Phi) is 256. The quantitative estimate of drug-likeness (QED) is 0.465. The minimum Gasteiger partial charge on any atom is 0 e. The summed E-state index contributed by atoms with van der Waals surface area (Å²) >= 11 is 0. The monoisotopic (exact) mass is 438 g/mol. The average molecular weight is 440 g/mol. The van der Waals surface area contributed by atoms with Gasteiger partial charge in [0, 0.05) is 92.5 Å². The summed E-state index contributed by atoms with van der Waals surface area (Å²) in [4.78, 5) is 0. The van der Waals surface area contributed by atoms with Gasteiger partial charge in [0.15, 0.2) is 0 Å². The first-order valence-corrected chi connectivity index (χ1v) is 0. The van der Waals surface area contributed by atoms with E-state index in [9.17, 15) is 0 Å². The number of hydrogen-bond donors (Lipinski definition) is 0. The van der Waals surface area contributed by atoms with E-state index in [-0.39, 0.29) is 92.5 Å². The fourth-order valence-corrected chi connectivity index (χ4v) is 0. The minimum absolute atomic E-state index is 0. The molecule has 0 aromatic carbocycles. The van der Waals surface area contributed by atoms with E-state index in [2.05, 4.69) is 0 Å². The smallest absolute Gasteiger partial charge is 0 e. The van der Waals surface area contributed by atoms with Gasteiger partial charge in [0.05, 0.1) is 0 Å². The molecule has 0 aromatic rings. The Hall–Kier alpha value is 2.90. The molecule has 0 saturated heterocycles. The maximum atomic E-state index is 0. The Morgan fingerprint density at radius 3 is 1.00 bits per heavy atom. The van der Waals surface area contributed by atoms with E-state index in [4.69, 9.17) is 0 Å². The van der Waals surface area contributed by atoms with Crippen LogP contribution in [0, 0.1) is 0 Å². The standard InChI is InChI=1S/Au.Cu.Fe.Ni.Zn. The number of hydrogen-bond acceptors (Lipinski definition) is 0. The van der Waals surface area contributed by atoms with Crippen LogP contribution in [0.5, 0.6) is 0 Å². The zero-order chi connectivity index (χ0) is 0. The molecule has 0 bridgehead atoms. The van der Waals surface area contributed by atoms with Gasteiger partial charge in [-0.05, 0) is 0 Å². The van der Waals surface area contributed by atoms with Crippen molar-refractivity contribution in [2.45, 2.75) is 0 Å². The SMILES string of the molecule is [Au].[Cu].[Fe].[Ni].[Zn]. The van der Waals surface area contributed by atoms with Crippen LogP contribution in [0.2, 0.25) is 0 Å². The molecule has 2 radical (unpaired) electrons. The molecule has 0 aromatic heterocycles. The molecule has 0 aliphatic rings. The summed E-state index contributed by atoms with van der Waals surface area (Å²) in [6.45, 7) is 0. The van der Waals surface area contributed by atoms with Gasteiger partial charge in [-0.25, -0.2) is 0 Å². The van der Waals surface area contributed by atoms with Gasteiger partial charge in [-0.1, -0.05) is 0 Å². The van der Waals surface area contributed by atoms with E-state index in [0.717, 1.165) is 0 Å². The summed E-state index contributed by atoms with van der Waals surface area (Å²) in [5.74, 6) is 0. The Labute approximate surface area is 91.1 Å². The van der Waals surface area contributed by atoms with Gasteiger partial charge >= 0.3 is 0 Å². The summed E-state index contributed by atoms with van der Waals surface area (Å²) in [6, 6.07) is 0. The molecule has 0 aliphatic heterocycles. The van der Waals surface area contributed by atoms with Crippen LogP contribution < -0.4 is 0 Å². The molecule has 0 amide bonds. The molecular weight excluding hydrogens is 440 g/mol. The molecule has 0 unspecified atom stereocenters. The van der Waals surface area contributed by atoms with Gasteiger partial charge in [-0.2, -0.15) is 0 Å². The summed E-state index contributed by atoms with van der Waals surface area (Å²) in [7, 11) is 0. The zero-order valence-corrected chi connectivity index (χ0v) is 10.1. The minimum atomic E-state index is 0. The maximum Gasteiger partial charge on any atom is 0 e. The molecule has 5 heavy (non-hydrogen) atoms. The van der Waals surface area contributed by atoms with Crippen LogP contribution in [0.1, 0.15) is 0 Å². The first-order chi connectivity index (χ1) is 0. The second-order valence-corrected chi connectivity index (χ2v) is 0. The van der Waals surface area contributed by atoms with Gasteiger partial charge in [0.1, 0.15) is 0 Å². The van der Waals surface area contributed by atoms with Crippen molar-refractivity contribution in [1.82, 2.24) is 0 Å². The molecule has 0 heterocycles. The van der Waals surface area contributed by atoms with Crippen LogP contribution in [0.15, 0.2) is 0 Å². The van der Waals surface area contributed by atoms with Crippen LogP contribution in [0.4, 0.5) is 0 Å². The van der Waals surface area contributed by atoms with Crippen molar-refractivity contribution in [2.75, 3.05) is 0 Å². The molecule has 0 aliphatic carbocycles.